The van der Waals surface area contributed by atoms with Gasteiger partial charge in [0.1, 0.15) is 23.7 Å². The molecule has 8 heteroatoms. The predicted molar refractivity (Wildman–Crippen MR) is 242 cm³/mol. The Bertz CT molecular complexity index is 1760. The van der Waals surface area contributed by atoms with E-state index in [0.717, 1.165) is 72.3 Å². The van der Waals surface area contributed by atoms with Crippen LogP contribution in [0.25, 0.3) is 0 Å². The molecule has 7 rings (SSSR count). The van der Waals surface area contributed by atoms with E-state index in [2.05, 4.69) is 146 Å². The third kappa shape index (κ3) is 8.67. The lowest BCUT2D eigenvalue weighted by Gasteiger charge is -2.44. The molecule has 0 N–H and O–H groups in total. The number of benzene rings is 2. The van der Waals surface area contributed by atoms with Gasteiger partial charge < -0.3 is 18.3 Å². The van der Waals surface area contributed by atoms with Gasteiger partial charge in [0.25, 0.3) is 0 Å². The van der Waals surface area contributed by atoms with Gasteiger partial charge in [-0.3, -0.25) is 0 Å². The smallest absolute Gasteiger partial charge is 0.335 e. The molecule has 5 aliphatic carbocycles. The summed E-state index contributed by atoms with van der Waals surface area (Å²) < 4.78 is 27.3. The highest BCUT2D eigenvalue weighted by Crippen LogP contribution is 2.58. The zero-order chi connectivity index (χ0) is 42.9. The van der Waals surface area contributed by atoms with E-state index < -0.39 is 28.5 Å². The maximum absolute atomic E-state index is 15.3. The number of hydrogen-bond donors (Lipinski definition) is 0. The molecule has 58 heavy (non-hydrogen) atoms. The van der Waals surface area contributed by atoms with Gasteiger partial charge >= 0.3 is 11.9 Å². The van der Waals surface area contributed by atoms with Crippen molar-refractivity contribution < 1.29 is 27.9 Å². The number of carbonyl (C=O) groups excluding carboxylic acids is 2. The molecule has 0 aromatic heterocycles. The number of carbonyl (C=O) groups is 2. The fourth-order valence-corrected chi connectivity index (χ4v) is 11.8. The fraction of sp³-hybridized carbons (Fsp3) is 0.680. The van der Waals surface area contributed by atoms with Crippen molar-refractivity contribution in [1.82, 2.24) is 0 Å². The summed E-state index contributed by atoms with van der Waals surface area (Å²) in [5.74, 6) is 2.06. The summed E-state index contributed by atoms with van der Waals surface area (Å²) in [4.78, 5) is 30.5. The average Bonchev–Trinajstić information content (AvgIpc) is 3.09. The standard InChI is InChI=1S/C50H76O6Si2/c1-29(2)35-21-17-31(5)25-41(35)53-47(51)45-43-37-23-19-34(56-58(15,16)50(10,11)12)28-40(37)44(38-24-20-33(27-39(38)43)55-57(13,14)49(7,8)9)46(45)48(52)54-42-26-32(6)18-22-36(42)30(3)4/h19-20,23-24,27-32,35-36,41-44H,17-18,21-22,25-26H2,1-16H3/t31-,32-,35+,36+,41-,42-,43-,44-/m1/s1. The second kappa shape index (κ2) is 16.2. The van der Waals surface area contributed by atoms with E-state index in [1.807, 2.05) is 0 Å². The predicted octanol–water partition coefficient (Wildman–Crippen LogP) is 13.3. The molecule has 2 aromatic carbocycles. The van der Waals surface area contributed by atoms with Crippen LogP contribution >= 0.6 is 0 Å². The van der Waals surface area contributed by atoms with Crippen molar-refractivity contribution >= 4 is 28.6 Å². The maximum atomic E-state index is 15.3. The second-order valence-corrected chi connectivity index (χ2v) is 32.0. The highest BCUT2D eigenvalue weighted by atomic mass is 28.4. The average molecular weight is 829 g/mol. The summed E-state index contributed by atoms with van der Waals surface area (Å²) in [6.45, 7) is 36.0. The third-order valence-corrected chi connectivity index (χ3v) is 24.2. The number of ether oxygens (including phenoxy) is 2. The minimum Gasteiger partial charge on any atom is -0.543 e. The molecule has 0 spiro atoms. The zero-order valence-corrected chi connectivity index (χ0v) is 40.9. The SMILES string of the molecule is CC(C)[C@@H]1CC[C@@H](C)C[C@H]1OC(=O)C1=C(C(=O)O[C@@H]2C[C@H](C)CC[C@H]2C(C)C)[C@@H]2c3ccc(O[Si](C)(C)C(C)(C)C)cc3[C@H]1c1ccc(O[Si](C)(C)C(C)(C)C)cc12. The molecule has 0 amide bonds. The Morgan fingerprint density at radius 2 is 0.914 bits per heavy atom. The third-order valence-electron chi connectivity index (χ3n) is 15.5. The van der Waals surface area contributed by atoms with Crippen LogP contribution < -0.4 is 8.85 Å². The van der Waals surface area contributed by atoms with Crippen LogP contribution in [0.15, 0.2) is 47.5 Å². The molecule has 0 unspecified atom stereocenters. The highest BCUT2D eigenvalue weighted by Gasteiger charge is 2.51. The monoisotopic (exact) mass is 829 g/mol. The van der Waals surface area contributed by atoms with Crippen LogP contribution in [0.4, 0.5) is 0 Å². The first-order chi connectivity index (χ1) is 26.8. The van der Waals surface area contributed by atoms with Gasteiger partial charge in [0, 0.05) is 11.8 Å². The van der Waals surface area contributed by atoms with E-state index >= 15 is 9.59 Å². The number of esters is 2. The van der Waals surface area contributed by atoms with Crippen molar-refractivity contribution in [3.63, 3.8) is 0 Å². The fourth-order valence-electron chi connectivity index (χ4n) is 9.78. The Kier molecular flexibility index (Phi) is 12.5. The summed E-state index contributed by atoms with van der Waals surface area (Å²) in [7, 11) is -4.38. The van der Waals surface area contributed by atoms with Crippen LogP contribution in [0.2, 0.25) is 36.3 Å². The molecule has 0 radical (unpaired) electrons. The molecule has 0 heterocycles. The van der Waals surface area contributed by atoms with E-state index in [1.54, 1.807) is 0 Å². The summed E-state index contributed by atoms with van der Waals surface area (Å²) in [6, 6.07) is 12.8. The van der Waals surface area contributed by atoms with Crippen molar-refractivity contribution in [3.8, 4) is 11.5 Å². The summed E-state index contributed by atoms with van der Waals surface area (Å²) in [5.41, 5.74) is 4.97. The highest BCUT2D eigenvalue weighted by molar-refractivity contribution is 6.75. The van der Waals surface area contributed by atoms with Gasteiger partial charge in [-0.25, -0.2) is 9.59 Å². The molecule has 0 saturated heterocycles. The Balaban J connectivity index is 1.54. The van der Waals surface area contributed by atoms with Crippen molar-refractivity contribution in [2.75, 3.05) is 0 Å². The van der Waals surface area contributed by atoms with Gasteiger partial charge in [-0.15, -0.1) is 0 Å². The van der Waals surface area contributed by atoms with Crippen molar-refractivity contribution in [3.05, 3.63) is 69.8 Å². The minimum atomic E-state index is -2.19. The minimum absolute atomic E-state index is 0.00933. The normalized spacial score (nSPS) is 27.6. The molecule has 6 nitrogen and oxygen atoms in total. The summed E-state index contributed by atoms with van der Waals surface area (Å²) in [5, 5.41) is 0.0187. The van der Waals surface area contributed by atoms with E-state index in [1.165, 1.54) is 0 Å². The Morgan fingerprint density at radius 3 is 1.22 bits per heavy atom. The molecule has 8 atom stereocenters. The van der Waals surface area contributed by atoms with Crippen LogP contribution in [0, 0.1) is 35.5 Å². The maximum Gasteiger partial charge on any atom is 0.335 e. The van der Waals surface area contributed by atoms with E-state index in [9.17, 15) is 0 Å². The lowest BCUT2D eigenvalue weighted by molar-refractivity contribution is -0.155. The van der Waals surface area contributed by atoms with Gasteiger partial charge in [0.05, 0.1) is 11.1 Å². The number of rotatable bonds is 10. The van der Waals surface area contributed by atoms with Crippen molar-refractivity contribution in [2.45, 2.75) is 182 Å². The first-order valence-corrected chi connectivity index (χ1v) is 28.4. The van der Waals surface area contributed by atoms with E-state index in [4.69, 9.17) is 18.3 Å². The van der Waals surface area contributed by atoms with Crippen LogP contribution in [-0.2, 0) is 19.1 Å². The number of hydrogen-bond acceptors (Lipinski definition) is 6. The molecule has 0 aliphatic heterocycles. The molecule has 2 bridgehead atoms. The lowest BCUT2D eigenvalue weighted by Crippen LogP contribution is -2.44. The Morgan fingerprint density at radius 1 is 0.569 bits per heavy atom. The second-order valence-electron chi connectivity index (χ2n) is 22.5. The zero-order valence-electron chi connectivity index (χ0n) is 38.9. The molecule has 5 aliphatic rings. The summed E-state index contributed by atoms with van der Waals surface area (Å²) in [6.07, 6.45) is 5.58. The summed E-state index contributed by atoms with van der Waals surface area (Å²) >= 11 is 0. The van der Waals surface area contributed by atoms with E-state index in [0.29, 0.717) is 34.8 Å². The van der Waals surface area contributed by atoms with Crippen LogP contribution in [-0.4, -0.2) is 40.8 Å². The lowest BCUT2D eigenvalue weighted by atomic mass is 9.60. The topological polar surface area (TPSA) is 71.1 Å². The largest absolute Gasteiger partial charge is 0.543 e. The van der Waals surface area contributed by atoms with Crippen LogP contribution in [0.3, 0.4) is 0 Å². The molecule has 2 fully saturated rings. The van der Waals surface area contributed by atoms with Crippen molar-refractivity contribution in [1.29, 1.82) is 0 Å². The molecular formula is C50H76O6Si2. The van der Waals surface area contributed by atoms with E-state index in [-0.39, 0.29) is 46.1 Å². The Hall–Kier alpha value is -2.85. The van der Waals surface area contributed by atoms with Gasteiger partial charge in [0.2, 0.25) is 16.6 Å². The first-order valence-electron chi connectivity index (χ1n) is 22.6. The molecular weight excluding hydrogens is 753 g/mol. The van der Waals surface area contributed by atoms with Gasteiger partial charge in [-0.2, -0.15) is 0 Å². The van der Waals surface area contributed by atoms with Crippen molar-refractivity contribution in [2.24, 2.45) is 35.5 Å². The van der Waals surface area contributed by atoms with Gasteiger partial charge in [0.15, 0.2) is 0 Å². The first kappa shape index (κ1) is 44.7. The molecule has 320 valence electrons. The van der Waals surface area contributed by atoms with Gasteiger partial charge in [-0.1, -0.05) is 108 Å². The quantitative estimate of drug-likeness (QED) is 0.175. The molecule has 2 aromatic rings. The van der Waals surface area contributed by atoms with Gasteiger partial charge in [-0.05, 0) is 144 Å². The van der Waals surface area contributed by atoms with Crippen LogP contribution in [0.1, 0.15) is 156 Å². The van der Waals surface area contributed by atoms with Crippen LogP contribution in [0.5, 0.6) is 11.5 Å². The molecule has 2 saturated carbocycles. The Labute approximate surface area is 353 Å².